The number of rotatable bonds is 8. The first-order chi connectivity index (χ1) is 20.2. The number of carbonyl (C=O) groups is 2. The number of hydrogen-bond acceptors (Lipinski definition) is 5. The van der Waals surface area contributed by atoms with Crippen molar-refractivity contribution in [2.24, 2.45) is 5.41 Å². The van der Waals surface area contributed by atoms with E-state index in [9.17, 15) is 18.4 Å². The Kier molecular flexibility index (Phi) is 7.81. The Morgan fingerprint density at radius 2 is 1.93 bits per heavy atom. The van der Waals surface area contributed by atoms with Crippen molar-refractivity contribution in [1.29, 1.82) is 5.41 Å². The molecule has 3 aromatic rings. The van der Waals surface area contributed by atoms with E-state index in [2.05, 4.69) is 15.7 Å². The molecule has 1 saturated carbocycles. The van der Waals surface area contributed by atoms with Gasteiger partial charge in [0.25, 0.3) is 5.91 Å². The van der Waals surface area contributed by atoms with Crippen LogP contribution in [-0.4, -0.2) is 44.8 Å². The monoisotopic (exact) mass is 610 g/mol. The molecule has 43 heavy (non-hydrogen) atoms. The molecule has 2 atom stereocenters. The molecule has 226 valence electrons. The number of nitrogens with zero attached hydrogens (tertiary/aromatic N) is 3. The predicted molar refractivity (Wildman–Crippen MR) is 158 cm³/mol. The van der Waals surface area contributed by atoms with Crippen molar-refractivity contribution in [2.75, 3.05) is 6.61 Å². The van der Waals surface area contributed by atoms with Crippen LogP contribution in [0.3, 0.4) is 0 Å². The standard InChI is InChI=1S/C31H33ClF2N6O3/c1-29(2,3)8-11-31(20-15-21(33)17-22(34)16-20)26(41)40(27(35)37-31)25(18-43-28(42)38-30(4)9-10-30)19-6-7-23(32)24(14-19)39-13-5-12-36-39/h5-8,11-17,25H,9-10,18H2,1-4H3,(H2,35,37)(H,38,42)/b11-8+/t25?,31-/m1/s1. The lowest BCUT2D eigenvalue weighted by Crippen LogP contribution is -2.44. The van der Waals surface area contributed by atoms with Crippen LogP contribution in [0.25, 0.3) is 5.69 Å². The molecule has 2 aliphatic rings. The molecule has 1 aliphatic carbocycles. The predicted octanol–water partition coefficient (Wildman–Crippen LogP) is 5.99. The Bertz CT molecular complexity index is 1580. The fourth-order valence-corrected chi connectivity index (χ4v) is 5.05. The van der Waals surface area contributed by atoms with E-state index >= 15 is 0 Å². The second-order valence-electron chi connectivity index (χ2n) is 12.3. The molecule has 1 saturated heterocycles. The van der Waals surface area contributed by atoms with Gasteiger partial charge in [-0.1, -0.05) is 44.5 Å². The maximum absolute atomic E-state index is 14.5. The van der Waals surface area contributed by atoms with Gasteiger partial charge in [-0.3, -0.25) is 15.1 Å². The number of hydrogen-bond donors (Lipinski definition) is 3. The third-order valence-electron chi connectivity index (χ3n) is 7.46. The molecule has 12 heteroatoms. The summed E-state index contributed by atoms with van der Waals surface area (Å²) in [5.41, 5.74) is -1.60. The number of nitrogens with one attached hydrogen (secondary N) is 3. The Morgan fingerprint density at radius 3 is 2.53 bits per heavy atom. The number of halogens is 3. The zero-order valence-electron chi connectivity index (χ0n) is 24.2. The van der Waals surface area contributed by atoms with Gasteiger partial charge in [0.15, 0.2) is 11.5 Å². The highest BCUT2D eigenvalue weighted by Gasteiger charge is 2.52. The smallest absolute Gasteiger partial charge is 0.407 e. The molecule has 1 aromatic heterocycles. The van der Waals surface area contributed by atoms with Crippen molar-refractivity contribution in [3.63, 3.8) is 0 Å². The van der Waals surface area contributed by atoms with Crippen molar-refractivity contribution in [2.45, 2.75) is 57.7 Å². The number of amides is 2. The van der Waals surface area contributed by atoms with E-state index in [0.29, 0.717) is 22.3 Å². The molecule has 5 rings (SSSR count). The maximum Gasteiger partial charge on any atom is 0.407 e. The maximum atomic E-state index is 14.5. The van der Waals surface area contributed by atoms with Crippen LogP contribution in [0.15, 0.2) is 67.0 Å². The summed E-state index contributed by atoms with van der Waals surface area (Å²) in [5, 5.41) is 19.2. The van der Waals surface area contributed by atoms with Crippen molar-refractivity contribution in [3.8, 4) is 5.69 Å². The lowest BCUT2D eigenvalue weighted by atomic mass is 9.85. The highest BCUT2D eigenvalue weighted by Crippen LogP contribution is 2.39. The fourth-order valence-electron chi connectivity index (χ4n) is 4.84. The van der Waals surface area contributed by atoms with Crippen LogP contribution in [0.5, 0.6) is 0 Å². The molecule has 3 N–H and O–H groups in total. The zero-order valence-corrected chi connectivity index (χ0v) is 25.0. The van der Waals surface area contributed by atoms with E-state index in [0.717, 1.165) is 29.9 Å². The third kappa shape index (κ3) is 6.41. The van der Waals surface area contributed by atoms with Gasteiger partial charge in [-0.15, -0.1) is 0 Å². The molecule has 2 heterocycles. The van der Waals surface area contributed by atoms with Crippen molar-refractivity contribution >= 4 is 29.6 Å². The summed E-state index contributed by atoms with van der Waals surface area (Å²) >= 11 is 6.48. The van der Waals surface area contributed by atoms with Gasteiger partial charge >= 0.3 is 6.09 Å². The van der Waals surface area contributed by atoms with Crippen molar-refractivity contribution in [3.05, 3.63) is 94.8 Å². The summed E-state index contributed by atoms with van der Waals surface area (Å²) < 4.78 is 36.1. The number of benzene rings is 2. The summed E-state index contributed by atoms with van der Waals surface area (Å²) in [7, 11) is 0. The van der Waals surface area contributed by atoms with Crippen molar-refractivity contribution in [1.82, 2.24) is 25.3 Å². The highest BCUT2D eigenvalue weighted by molar-refractivity contribution is 6.32. The normalized spacial score (nSPS) is 20.3. The third-order valence-corrected chi connectivity index (χ3v) is 7.78. The molecule has 0 spiro atoms. The summed E-state index contributed by atoms with van der Waals surface area (Å²) in [5.74, 6) is -2.76. The van der Waals surface area contributed by atoms with Gasteiger partial charge in [-0.2, -0.15) is 5.10 Å². The minimum Gasteiger partial charge on any atom is -0.447 e. The largest absolute Gasteiger partial charge is 0.447 e. The molecular formula is C31H33ClF2N6O3. The Morgan fingerprint density at radius 1 is 1.23 bits per heavy atom. The van der Waals surface area contributed by atoms with Crippen LogP contribution in [0.1, 0.15) is 57.7 Å². The molecule has 2 amide bonds. The highest BCUT2D eigenvalue weighted by atomic mass is 35.5. The van der Waals surface area contributed by atoms with Crippen LogP contribution in [0.4, 0.5) is 13.6 Å². The Balaban J connectivity index is 1.59. The summed E-state index contributed by atoms with van der Waals surface area (Å²) in [6.07, 6.45) is 7.53. The topological polar surface area (TPSA) is 112 Å². The minimum atomic E-state index is -1.81. The van der Waals surface area contributed by atoms with E-state index in [1.54, 1.807) is 47.4 Å². The minimum absolute atomic E-state index is 0.0184. The second kappa shape index (κ2) is 11.1. The van der Waals surface area contributed by atoms with E-state index in [4.69, 9.17) is 21.7 Å². The molecule has 2 aromatic carbocycles. The molecule has 1 unspecified atom stereocenters. The molecule has 1 aliphatic heterocycles. The fraction of sp³-hybridized carbons (Fsp3) is 0.355. The number of guanidine groups is 1. The van der Waals surface area contributed by atoms with Crippen molar-refractivity contribution < 1.29 is 23.1 Å². The Labute approximate surface area is 253 Å². The van der Waals surface area contributed by atoms with E-state index in [-0.39, 0.29) is 23.7 Å². The molecule has 2 fully saturated rings. The molecular weight excluding hydrogens is 578 g/mol. The zero-order chi connectivity index (χ0) is 31.2. The SMILES string of the molecule is CC(C)(C)/C=C/[C@]1(c2cc(F)cc(F)c2)NC(=N)N(C(COC(=O)NC2(C)CC2)c2ccc(Cl)c(-n3cccn3)c2)C1=O. The second-order valence-corrected chi connectivity index (χ2v) is 12.7. The van der Waals surface area contributed by atoms with Crippen LogP contribution in [-0.2, 0) is 15.1 Å². The van der Waals surface area contributed by atoms with Crippen LogP contribution in [0, 0.1) is 22.5 Å². The van der Waals surface area contributed by atoms with Gasteiger partial charge < -0.3 is 15.4 Å². The van der Waals surface area contributed by atoms with E-state index < -0.39 is 40.6 Å². The lowest BCUT2D eigenvalue weighted by Gasteiger charge is -2.29. The van der Waals surface area contributed by atoms with E-state index in [1.165, 1.54) is 6.08 Å². The number of ether oxygens (including phenoxy) is 1. The first-order valence-corrected chi connectivity index (χ1v) is 14.2. The molecule has 9 nitrogen and oxygen atoms in total. The lowest BCUT2D eigenvalue weighted by molar-refractivity contribution is -0.132. The van der Waals surface area contributed by atoms with Gasteiger partial charge in [0.2, 0.25) is 0 Å². The van der Waals surface area contributed by atoms with Crippen LogP contribution < -0.4 is 10.6 Å². The first-order valence-electron chi connectivity index (χ1n) is 13.8. The van der Waals surface area contributed by atoms with Gasteiger partial charge in [0, 0.05) is 24.0 Å². The number of alkyl carbamates (subject to hydrolysis) is 1. The van der Waals surface area contributed by atoms with Crippen LogP contribution in [0.2, 0.25) is 5.02 Å². The van der Waals surface area contributed by atoms with Crippen LogP contribution >= 0.6 is 11.6 Å². The molecule has 0 bridgehead atoms. The summed E-state index contributed by atoms with van der Waals surface area (Å²) in [6, 6.07) is 8.53. The number of carbonyl (C=O) groups excluding carboxylic acids is 2. The van der Waals surface area contributed by atoms with E-state index in [1.807, 2.05) is 27.7 Å². The Hall–Kier alpha value is -4.25. The average molecular weight is 611 g/mol. The summed E-state index contributed by atoms with van der Waals surface area (Å²) in [6.45, 7) is 7.30. The molecule has 0 radical (unpaired) electrons. The van der Waals surface area contributed by atoms with Gasteiger partial charge in [0.1, 0.15) is 18.2 Å². The number of aromatic nitrogens is 2. The average Bonchev–Trinajstić information content (AvgIpc) is 3.29. The van der Waals surface area contributed by atoms with Gasteiger partial charge in [-0.05, 0) is 72.7 Å². The quantitative estimate of drug-likeness (QED) is 0.271. The summed E-state index contributed by atoms with van der Waals surface area (Å²) in [4.78, 5) is 28.3. The van der Waals surface area contributed by atoms with Gasteiger partial charge in [-0.25, -0.2) is 18.3 Å². The van der Waals surface area contributed by atoms with Gasteiger partial charge in [0.05, 0.1) is 16.8 Å². The first kappa shape index (κ1) is 30.2. The number of allylic oxidation sites excluding steroid dienone is 1.